The summed E-state index contributed by atoms with van der Waals surface area (Å²) in [7, 11) is 0. The third-order valence-electron chi connectivity index (χ3n) is 3.28. The van der Waals surface area contributed by atoms with Gasteiger partial charge in [0.1, 0.15) is 11.5 Å². The Morgan fingerprint density at radius 3 is 2.71 bits per heavy atom. The molecular formula is C17H20ClNO2. The highest BCUT2D eigenvalue weighted by molar-refractivity contribution is 6.32. The van der Waals surface area contributed by atoms with Crippen LogP contribution in [0.15, 0.2) is 42.5 Å². The van der Waals surface area contributed by atoms with E-state index >= 15 is 0 Å². The molecule has 112 valence electrons. The van der Waals surface area contributed by atoms with E-state index < -0.39 is 0 Å². The fourth-order valence-electron chi connectivity index (χ4n) is 2.13. The molecule has 1 atom stereocenters. The summed E-state index contributed by atoms with van der Waals surface area (Å²) in [5, 5.41) is 13.1. The third-order valence-corrected chi connectivity index (χ3v) is 3.57. The fraction of sp³-hybridized carbons (Fsp3) is 0.294. The first-order valence-corrected chi connectivity index (χ1v) is 7.42. The lowest BCUT2D eigenvalue weighted by molar-refractivity contribution is 0.281. The predicted octanol–water partition coefficient (Wildman–Crippen LogP) is 4.30. The normalized spacial score (nSPS) is 12.2. The molecule has 0 aliphatic rings. The van der Waals surface area contributed by atoms with Crippen molar-refractivity contribution in [2.45, 2.75) is 26.5 Å². The third kappa shape index (κ3) is 4.21. The number of hydrogen-bond donors (Lipinski definition) is 2. The Balaban J connectivity index is 2.17. The second kappa shape index (κ2) is 7.46. The Morgan fingerprint density at radius 2 is 2.05 bits per heavy atom. The summed E-state index contributed by atoms with van der Waals surface area (Å²) < 4.78 is 5.78. The van der Waals surface area contributed by atoms with E-state index in [9.17, 15) is 0 Å². The zero-order valence-corrected chi connectivity index (χ0v) is 13.0. The van der Waals surface area contributed by atoms with Crippen molar-refractivity contribution >= 4 is 11.6 Å². The van der Waals surface area contributed by atoms with Crippen molar-refractivity contribution in [2.75, 3.05) is 6.54 Å². The Morgan fingerprint density at radius 1 is 1.24 bits per heavy atom. The molecule has 2 N–H and O–H groups in total. The molecule has 2 aromatic carbocycles. The molecule has 2 rings (SSSR count). The highest BCUT2D eigenvalue weighted by Crippen LogP contribution is 2.32. The zero-order valence-electron chi connectivity index (χ0n) is 12.3. The Hall–Kier alpha value is -1.55. The van der Waals surface area contributed by atoms with E-state index in [1.165, 1.54) is 0 Å². The van der Waals surface area contributed by atoms with E-state index in [0.717, 1.165) is 17.7 Å². The van der Waals surface area contributed by atoms with Gasteiger partial charge in [0.2, 0.25) is 0 Å². The molecule has 0 radical (unpaired) electrons. The average molecular weight is 306 g/mol. The summed E-state index contributed by atoms with van der Waals surface area (Å²) in [5.41, 5.74) is 1.93. The first-order valence-electron chi connectivity index (χ1n) is 7.04. The van der Waals surface area contributed by atoms with Gasteiger partial charge in [-0.2, -0.15) is 0 Å². The van der Waals surface area contributed by atoms with Gasteiger partial charge in [-0.25, -0.2) is 0 Å². The van der Waals surface area contributed by atoms with Crippen molar-refractivity contribution in [2.24, 2.45) is 0 Å². The number of hydrogen-bond acceptors (Lipinski definition) is 3. The van der Waals surface area contributed by atoms with Crippen LogP contribution in [0.3, 0.4) is 0 Å². The second-order valence-electron chi connectivity index (χ2n) is 4.88. The molecule has 0 bridgehead atoms. The molecule has 21 heavy (non-hydrogen) atoms. The Bertz CT molecular complexity index is 601. The number of rotatable bonds is 6. The highest BCUT2D eigenvalue weighted by Gasteiger charge is 2.09. The largest absolute Gasteiger partial charge is 0.456 e. The van der Waals surface area contributed by atoms with Crippen LogP contribution in [0.25, 0.3) is 0 Å². The minimum atomic E-state index is -0.00985. The first-order chi connectivity index (χ1) is 10.1. The molecule has 0 heterocycles. The van der Waals surface area contributed by atoms with Gasteiger partial charge in [-0.05, 0) is 48.9 Å². The highest BCUT2D eigenvalue weighted by atomic mass is 35.5. The number of nitrogens with one attached hydrogen (secondary N) is 1. The predicted molar refractivity (Wildman–Crippen MR) is 86.0 cm³/mol. The fourth-order valence-corrected chi connectivity index (χ4v) is 2.36. The van der Waals surface area contributed by atoms with Gasteiger partial charge < -0.3 is 15.2 Å². The van der Waals surface area contributed by atoms with E-state index in [-0.39, 0.29) is 12.6 Å². The number of aliphatic hydroxyl groups is 1. The molecule has 2 aromatic rings. The summed E-state index contributed by atoms with van der Waals surface area (Å²) in [6.07, 6.45) is 0. The van der Waals surface area contributed by atoms with Crippen LogP contribution in [0.2, 0.25) is 5.02 Å². The van der Waals surface area contributed by atoms with Crippen molar-refractivity contribution in [3.8, 4) is 11.5 Å². The summed E-state index contributed by atoms with van der Waals surface area (Å²) in [6, 6.07) is 13.4. The van der Waals surface area contributed by atoms with Gasteiger partial charge in [-0.1, -0.05) is 36.7 Å². The first kappa shape index (κ1) is 15.8. The summed E-state index contributed by atoms with van der Waals surface area (Å²) >= 11 is 6.30. The van der Waals surface area contributed by atoms with Crippen molar-refractivity contribution in [1.29, 1.82) is 0 Å². The SMILES string of the molecule is CCNC(C)c1ccc(Oc2cccc(CO)c2)c(Cl)c1. The smallest absolute Gasteiger partial charge is 0.146 e. The molecule has 0 saturated carbocycles. The maximum absolute atomic E-state index is 9.14. The van der Waals surface area contributed by atoms with Crippen LogP contribution in [0.5, 0.6) is 11.5 Å². The van der Waals surface area contributed by atoms with Gasteiger partial charge in [0, 0.05) is 6.04 Å². The van der Waals surface area contributed by atoms with Gasteiger partial charge in [-0.3, -0.25) is 0 Å². The monoisotopic (exact) mass is 305 g/mol. The molecule has 0 aromatic heterocycles. The minimum Gasteiger partial charge on any atom is -0.456 e. The van der Waals surface area contributed by atoms with Crippen LogP contribution in [0.4, 0.5) is 0 Å². The average Bonchev–Trinajstić information content (AvgIpc) is 2.49. The maximum Gasteiger partial charge on any atom is 0.146 e. The number of halogens is 1. The van der Waals surface area contributed by atoms with Gasteiger partial charge >= 0.3 is 0 Å². The summed E-state index contributed by atoms with van der Waals surface area (Å²) in [6.45, 7) is 5.07. The van der Waals surface area contributed by atoms with Crippen molar-refractivity contribution < 1.29 is 9.84 Å². The molecule has 0 aliphatic carbocycles. The second-order valence-corrected chi connectivity index (χ2v) is 5.28. The van der Waals surface area contributed by atoms with E-state index in [2.05, 4.69) is 19.2 Å². The zero-order chi connectivity index (χ0) is 15.2. The van der Waals surface area contributed by atoms with Crippen LogP contribution in [-0.2, 0) is 6.61 Å². The van der Waals surface area contributed by atoms with Crippen molar-refractivity contribution in [1.82, 2.24) is 5.32 Å². The van der Waals surface area contributed by atoms with Gasteiger partial charge in [0.15, 0.2) is 0 Å². The molecule has 1 unspecified atom stereocenters. The Kier molecular flexibility index (Phi) is 5.62. The van der Waals surface area contributed by atoms with Crippen molar-refractivity contribution in [3.63, 3.8) is 0 Å². The molecule has 0 aliphatic heterocycles. The molecule has 4 heteroatoms. The Labute approximate surface area is 130 Å². The van der Waals surface area contributed by atoms with Crippen molar-refractivity contribution in [3.05, 3.63) is 58.6 Å². The lowest BCUT2D eigenvalue weighted by Gasteiger charge is -2.15. The van der Waals surface area contributed by atoms with E-state index in [0.29, 0.717) is 16.5 Å². The quantitative estimate of drug-likeness (QED) is 0.836. The van der Waals surface area contributed by atoms with E-state index in [1.54, 1.807) is 6.07 Å². The lowest BCUT2D eigenvalue weighted by Crippen LogP contribution is -2.17. The standard InChI is InChI=1S/C17H20ClNO2/c1-3-19-12(2)14-7-8-17(16(18)10-14)21-15-6-4-5-13(9-15)11-20/h4-10,12,19-20H,3,11H2,1-2H3. The number of benzene rings is 2. The van der Waals surface area contributed by atoms with Crippen LogP contribution in [0.1, 0.15) is 31.0 Å². The maximum atomic E-state index is 9.14. The number of aliphatic hydroxyl groups excluding tert-OH is 1. The number of ether oxygens (including phenoxy) is 1. The van der Waals surface area contributed by atoms with Crippen LogP contribution in [-0.4, -0.2) is 11.7 Å². The topological polar surface area (TPSA) is 41.5 Å². The summed E-state index contributed by atoms with van der Waals surface area (Å²) in [5.74, 6) is 1.27. The minimum absolute atomic E-state index is 0.00985. The summed E-state index contributed by atoms with van der Waals surface area (Å²) in [4.78, 5) is 0. The van der Waals surface area contributed by atoms with E-state index in [4.69, 9.17) is 21.4 Å². The van der Waals surface area contributed by atoms with Crippen LogP contribution < -0.4 is 10.1 Å². The lowest BCUT2D eigenvalue weighted by atomic mass is 10.1. The van der Waals surface area contributed by atoms with Gasteiger partial charge in [-0.15, -0.1) is 0 Å². The van der Waals surface area contributed by atoms with E-state index in [1.807, 2.05) is 36.4 Å². The molecular weight excluding hydrogens is 286 g/mol. The molecule has 3 nitrogen and oxygen atoms in total. The molecule has 0 fully saturated rings. The van der Waals surface area contributed by atoms with Gasteiger partial charge in [0.05, 0.1) is 11.6 Å². The van der Waals surface area contributed by atoms with Crippen LogP contribution >= 0.6 is 11.6 Å². The molecule has 0 spiro atoms. The molecule has 0 amide bonds. The van der Waals surface area contributed by atoms with Gasteiger partial charge in [0.25, 0.3) is 0 Å². The van der Waals surface area contributed by atoms with Crippen LogP contribution in [0, 0.1) is 0 Å². The molecule has 0 saturated heterocycles.